The molecule has 0 amide bonds. The maximum absolute atomic E-state index is 5.92. The molecular formula is C10H15ClN2O. The van der Waals surface area contributed by atoms with Crippen LogP contribution in [0.15, 0.2) is 18.3 Å². The molecule has 0 unspecified atom stereocenters. The molecule has 3 nitrogen and oxygen atoms in total. The molecule has 0 aromatic carbocycles. The average Bonchev–Trinajstić information content (AvgIpc) is 2.17. The SMILES string of the molecule is CC[C@](C)(N)COc1ncccc1Cl. The van der Waals surface area contributed by atoms with E-state index in [0.29, 0.717) is 17.5 Å². The second-order valence-corrected chi connectivity index (χ2v) is 3.99. The Balaban J connectivity index is 2.58. The lowest BCUT2D eigenvalue weighted by molar-refractivity contribution is 0.219. The van der Waals surface area contributed by atoms with E-state index in [0.717, 1.165) is 6.42 Å². The number of halogens is 1. The maximum atomic E-state index is 5.92. The molecule has 78 valence electrons. The highest BCUT2D eigenvalue weighted by Gasteiger charge is 2.17. The monoisotopic (exact) mass is 214 g/mol. The first-order chi connectivity index (χ1) is 6.55. The summed E-state index contributed by atoms with van der Waals surface area (Å²) < 4.78 is 5.42. The molecule has 2 N–H and O–H groups in total. The first kappa shape index (κ1) is 11.3. The normalized spacial score (nSPS) is 14.9. The van der Waals surface area contributed by atoms with Crippen LogP contribution in [-0.4, -0.2) is 17.1 Å². The van der Waals surface area contributed by atoms with Gasteiger partial charge >= 0.3 is 0 Å². The third-order valence-corrected chi connectivity index (χ3v) is 2.36. The lowest BCUT2D eigenvalue weighted by Crippen LogP contribution is -2.41. The van der Waals surface area contributed by atoms with E-state index in [1.54, 1.807) is 18.3 Å². The van der Waals surface area contributed by atoms with Crippen LogP contribution in [0.25, 0.3) is 0 Å². The molecule has 0 spiro atoms. The lowest BCUT2D eigenvalue weighted by Gasteiger charge is -2.22. The number of pyridine rings is 1. The predicted octanol–water partition coefficient (Wildman–Crippen LogP) is 2.24. The maximum Gasteiger partial charge on any atom is 0.232 e. The van der Waals surface area contributed by atoms with Gasteiger partial charge in [0.05, 0.1) is 0 Å². The third-order valence-electron chi connectivity index (χ3n) is 2.07. The van der Waals surface area contributed by atoms with Crippen LogP contribution in [0.5, 0.6) is 5.88 Å². The first-order valence-electron chi connectivity index (χ1n) is 4.57. The zero-order valence-electron chi connectivity index (χ0n) is 8.46. The number of nitrogens with zero attached hydrogens (tertiary/aromatic N) is 1. The molecule has 0 bridgehead atoms. The molecule has 14 heavy (non-hydrogen) atoms. The van der Waals surface area contributed by atoms with Gasteiger partial charge in [-0.05, 0) is 25.5 Å². The molecule has 0 fully saturated rings. The Bertz CT molecular complexity index is 302. The van der Waals surface area contributed by atoms with E-state index in [2.05, 4.69) is 4.98 Å². The summed E-state index contributed by atoms with van der Waals surface area (Å²) in [5, 5.41) is 0.513. The summed E-state index contributed by atoms with van der Waals surface area (Å²) in [5.41, 5.74) is 5.59. The van der Waals surface area contributed by atoms with Crippen LogP contribution in [-0.2, 0) is 0 Å². The summed E-state index contributed by atoms with van der Waals surface area (Å²) in [4.78, 5) is 4.01. The van der Waals surface area contributed by atoms with Gasteiger partial charge in [-0.1, -0.05) is 18.5 Å². The second-order valence-electron chi connectivity index (χ2n) is 3.59. The van der Waals surface area contributed by atoms with E-state index >= 15 is 0 Å². The fraction of sp³-hybridized carbons (Fsp3) is 0.500. The van der Waals surface area contributed by atoms with Crippen LogP contribution >= 0.6 is 11.6 Å². The van der Waals surface area contributed by atoms with Crippen LogP contribution in [0, 0.1) is 0 Å². The minimum absolute atomic E-state index is 0.332. The number of hydrogen-bond donors (Lipinski definition) is 1. The van der Waals surface area contributed by atoms with Crippen molar-refractivity contribution in [1.29, 1.82) is 0 Å². The topological polar surface area (TPSA) is 48.1 Å². The van der Waals surface area contributed by atoms with Crippen molar-refractivity contribution in [2.75, 3.05) is 6.61 Å². The van der Waals surface area contributed by atoms with Gasteiger partial charge in [0.2, 0.25) is 5.88 Å². The van der Waals surface area contributed by atoms with Crippen molar-refractivity contribution in [3.63, 3.8) is 0 Å². The Labute approximate surface area is 89.2 Å². The van der Waals surface area contributed by atoms with Crippen LogP contribution in [0.1, 0.15) is 20.3 Å². The standard InChI is InChI=1S/C10H15ClN2O/c1-3-10(2,12)7-14-9-8(11)5-4-6-13-9/h4-6H,3,7,12H2,1-2H3/t10-/m0/s1. The van der Waals surface area contributed by atoms with Crippen molar-refractivity contribution in [2.45, 2.75) is 25.8 Å². The van der Waals surface area contributed by atoms with Crippen LogP contribution in [0.2, 0.25) is 5.02 Å². The molecular weight excluding hydrogens is 200 g/mol. The van der Waals surface area contributed by atoms with Crippen LogP contribution in [0.3, 0.4) is 0 Å². The Hall–Kier alpha value is -0.800. The fourth-order valence-electron chi connectivity index (χ4n) is 0.813. The number of hydrogen-bond acceptors (Lipinski definition) is 3. The smallest absolute Gasteiger partial charge is 0.232 e. The molecule has 0 radical (unpaired) electrons. The molecule has 1 aromatic heterocycles. The van der Waals surface area contributed by atoms with E-state index in [9.17, 15) is 0 Å². The van der Waals surface area contributed by atoms with Gasteiger partial charge in [0.25, 0.3) is 0 Å². The molecule has 1 aromatic rings. The van der Waals surface area contributed by atoms with Crippen molar-refractivity contribution in [3.05, 3.63) is 23.4 Å². The van der Waals surface area contributed by atoms with Crippen molar-refractivity contribution >= 4 is 11.6 Å². The molecule has 1 atom stereocenters. The van der Waals surface area contributed by atoms with Crippen molar-refractivity contribution in [2.24, 2.45) is 5.73 Å². The molecule has 0 saturated carbocycles. The summed E-state index contributed by atoms with van der Waals surface area (Å²) >= 11 is 5.87. The van der Waals surface area contributed by atoms with Gasteiger partial charge in [-0.3, -0.25) is 0 Å². The minimum atomic E-state index is -0.332. The second kappa shape index (κ2) is 4.62. The first-order valence-corrected chi connectivity index (χ1v) is 4.95. The number of ether oxygens (including phenoxy) is 1. The van der Waals surface area contributed by atoms with E-state index in [-0.39, 0.29) is 5.54 Å². The summed E-state index contributed by atoms with van der Waals surface area (Å²) in [5.74, 6) is 0.444. The van der Waals surface area contributed by atoms with Crippen molar-refractivity contribution < 1.29 is 4.74 Å². The Morgan fingerprint density at radius 3 is 2.93 bits per heavy atom. The number of aromatic nitrogens is 1. The van der Waals surface area contributed by atoms with Crippen molar-refractivity contribution in [3.8, 4) is 5.88 Å². The number of nitrogens with two attached hydrogens (primary N) is 1. The van der Waals surface area contributed by atoms with Crippen molar-refractivity contribution in [1.82, 2.24) is 4.98 Å². The van der Waals surface area contributed by atoms with Gasteiger partial charge < -0.3 is 10.5 Å². The lowest BCUT2D eigenvalue weighted by atomic mass is 10.0. The van der Waals surface area contributed by atoms with Gasteiger partial charge in [0.1, 0.15) is 11.6 Å². The van der Waals surface area contributed by atoms with Gasteiger partial charge in [0, 0.05) is 11.7 Å². The van der Waals surface area contributed by atoms with Gasteiger partial charge in [-0.15, -0.1) is 0 Å². The van der Waals surface area contributed by atoms with Gasteiger partial charge in [-0.2, -0.15) is 0 Å². The zero-order valence-corrected chi connectivity index (χ0v) is 9.21. The molecule has 0 aliphatic heterocycles. The quantitative estimate of drug-likeness (QED) is 0.837. The van der Waals surface area contributed by atoms with E-state index < -0.39 is 0 Å². The largest absolute Gasteiger partial charge is 0.475 e. The third kappa shape index (κ3) is 3.16. The molecule has 0 saturated heterocycles. The highest BCUT2D eigenvalue weighted by molar-refractivity contribution is 6.31. The molecule has 1 rings (SSSR count). The molecule has 1 heterocycles. The zero-order chi connectivity index (χ0) is 10.6. The Morgan fingerprint density at radius 2 is 2.36 bits per heavy atom. The van der Waals surface area contributed by atoms with E-state index in [4.69, 9.17) is 22.1 Å². The molecule has 0 aliphatic rings. The van der Waals surface area contributed by atoms with E-state index in [1.165, 1.54) is 0 Å². The summed E-state index contributed by atoms with van der Waals surface area (Å²) in [6, 6.07) is 3.50. The predicted molar refractivity (Wildman–Crippen MR) is 57.6 cm³/mol. The Morgan fingerprint density at radius 1 is 1.64 bits per heavy atom. The van der Waals surface area contributed by atoms with Gasteiger partial charge in [-0.25, -0.2) is 4.98 Å². The number of rotatable bonds is 4. The minimum Gasteiger partial charge on any atom is -0.475 e. The molecule has 0 aliphatic carbocycles. The summed E-state index contributed by atoms with van der Waals surface area (Å²) in [6.07, 6.45) is 2.48. The molecule has 4 heteroatoms. The fourth-order valence-corrected chi connectivity index (χ4v) is 0.989. The van der Waals surface area contributed by atoms with E-state index in [1.807, 2.05) is 13.8 Å². The van der Waals surface area contributed by atoms with Crippen LogP contribution < -0.4 is 10.5 Å². The average molecular weight is 215 g/mol. The van der Waals surface area contributed by atoms with Gasteiger partial charge in [0.15, 0.2) is 0 Å². The van der Waals surface area contributed by atoms with Crippen LogP contribution in [0.4, 0.5) is 0 Å². The highest BCUT2D eigenvalue weighted by atomic mass is 35.5. The summed E-state index contributed by atoms with van der Waals surface area (Å²) in [7, 11) is 0. The summed E-state index contributed by atoms with van der Waals surface area (Å²) in [6.45, 7) is 4.37. The Kier molecular flexibility index (Phi) is 3.72. The highest BCUT2D eigenvalue weighted by Crippen LogP contribution is 2.21.